The van der Waals surface area contributed by atoms with Crippen LogP contribution in [0.15, 0.2) is 0 Å². The summed E-state index contributed by atoms with van der Waals surface area (Å²) in [7, 11) is 0. The van der Waals surface area contributed by atoms with Crippen LogP contribution in [0.4, 0.5) is 0 Å². The number of nitrogens with one attached hydrogen (secondary N) is 2. The molecule has 2 N–H and O–H groups in total. The molecule has 17 heavy (non-hydrogen) atoms. The van der Waals surface area contributed by atoms with Crippen molar-refractivity contribution in [3.8, 4) is 0 Å². The van der Waals surface area contributed by atoms with Crippen molar-refractivity contribution in [2.45, 2.75) is 33.1 Å². The van der Waals surface area contributed by atoms with Crippen LogP contribution in [0.25, 0.3) is 0 Å². The highest BCUT2D eigenvalue weighted by molar-refractivity contribution is 5.85. The van der Waals surface area contributed by atoms with Crippen molar-refractivity contribution in [1.82, 2.24) is 10.6 Å². The van der Waals surface area contributed by atoms with Crippen LogP contribution in [0.2, 0.25) is 0 Å². The number of ether oxygens (including phenoxy) is 1. The van der Waals surface area contributed by atoms with E-state index >= 15 is 0 Å². The molecule has 1 saturated heterocycles. The van der Waals surface area contributed by atoms with Gasteiger partial charge in [0.05, 0.1) is 0 Å². The molecule has 0 bridgehead atoms. The second kappa shape index (κ2) is 8.72. The third-order valence-corrected chi connectivity index (χ3v) is 3.10. The highest BCUT2D eigenvalue weighted by Gasteiger charge is 2.26. The van der Waals surface area contributed by atoms with E-state index in [0.717, 1.165) is 38.9 Å². The summed E-state index contributed by atoms with van der Waals surface area (Å²) >= 11 is 0. The van der Waals surface area contributed by atoms with Crippen molar-refractivity contribution < 1.29 is 9.53 Å². The molecular formula is C12H25ClN2O2. The molecule has 0 aromatic heterocycles. The van der Waals surface area contributed by atoms with E-state index in [-0.39, 0.29) is 30.3 Å². The second-order valence-corrected chi connectivity index (χ2v) is 4.89. The lowest BCUT2D eigenvalue weighted by Gasteiger charge is -2.34. The van der Waals surface area contributed by atoms with E-state index in [9.17, 15) is 4.79 Å². The standard InChI is InChI=1S/C12H24N2O2.ClH/c1-3-8-16-9-11(15)14-10-12(2)4-6-13-7-5-12;/h13H,3-10H2,1-2H3,(H,14,15);1H. The number of piperidine rings is 1. The summed E-state index contributed by atoms with van der Waals surface area (Å²) in [4.78, 5) is 11.5. The van der Waals surface area contributed by atoms with Crippen LogP contribution in [0.3, 0.4) is 0 Å². The molecule has 0 aromatic carbocycles. The lowest BCUT2D eigenvalue weighted by molar-refractivity contribution is -0.126. The van der Waals surface area contributed by atoms with Gasteiger partial charge in [0, 0.05) is 13.2 Å². The van der Waals surface area contributed by atoms with Crippen molar-refractivity contribution in [2.24, 2.45) is 5.41 Å². The molecule has 1 amide bonds. The molecule has 1 fully saturated rings. The van der Waals surface area contributed by atoms with Gasteiger partial charge in [-0.05, 0) is 37.8 Å². The molecule has 1 aliphatic heterocycles. The zero-order valence-corrected chi connectivity index (χ0v) is 11.7. The van der Waals surface area contributed by atoms with Gasteiger partial charge in [0.2, 0.25) is 5.91 Å². The van der Waals surface area contributed by atoms with E-state index < -0.39 is 0 Å². The van der Waals surface area contributed by atoms with Gasteiger partial charge in [-0.2, -0.15) is 0 Å². The predicted octanol–water partition coefficient (Wildman–Crippen LogP) is 1.34. The summed E-state index contributed by atoms with van der Waals surface area (Å²) in [5.74, 6) is 0.00760. The Morgan fingerprint density at radius 2 is 2.06 bits per heavy atom. The Balaban J connectivity index is 0.00000256. The highest BCUT2D eigenvalue weighted by atomic mass is 35.5. The minimum Gasteiger partial charge on any atom is -0.372 e. The first-order chi connectivity index (χ1) is 7.66. The topological polar surface area (TPSA) is 50.4 Å². The Labute approximate surface area is 110 Å². The van der Waals surface area contributed by atoms with E-state index in [1.807, 2.05) is 6.92 Å². The first-order valence-electron chi connectivity index (χ1n) is 6.21. The van der Waals surface area contributed by atoms with E-state index in [1.165, 1.54) is 0 Å². The molecule has 1 rings (SSSR count). The minimum atomic E-state index is 0. The average molecular weight is 265 g/mol. The normalized spacial score (nSPS) is 18.2. The number of carbonyl (C=O) groups is 1. The Morgan fingerprint density at radius 3 is 2.65 bits per heavy atom. The molecule has 5 heteroatoms. The maximum atomic E-state index is 11.5. The fourth-order valence-corrected chi connectivity index (χ4v) is 1.88. The highest BCUT2D eigenvalue weighted by Crippen LogP contribution is 2.26. The zero-order chi connectivity index (χ0) is 11.9. The Hall–Kier alpha value is -0.320. The van der Waals surface area contributed by atoms with E-state index in [2.05, 4.69) is 17.6 Å². The van der Waals surface area contributed by atoms with Gasteiger partial charge in [-0.1, -0.05) is 13.8 Å². The molecule has 1 aliphatic rings. The van der Waals surface area contributed by atoms with Crippen LogP contribution >= 0.6 is 12.4 Å². The second-order valence-electron chi connectivity index (χ2n) is 4.89. The van der Waals surface area contributed by atoms with Gasteiger partial charge in [0.1, 0.15) is 6.61 Å². The third kappa shape index (κ3) is 6.86. The van der Waals surface area contributed by atoms with Gasteiger partial charge in [0.25, 0.3) is 0 Å². The lowest BCUT2D eigenvalue weighted by atomic mass is 9.81. The number of rotatable bonds is 6. The van der Waals surface area contributed by atoms with Crippen molar-refractivity contribution in [3.63, 3.8) is 0 Å². The van der Waals surface area contributed by atoms with Gasteiger partial charge in [-0.15, -0.1) is 12.4 Å². The summed E-state index contributed by atoms with van der Waals surface area (Å²) in [5.41, 5.74) is 0.256. The maximum Gasteiger partial charge on any atom is 0.246 e. The fourth-order valence-electron chi connectivity index (χ4n) is 1.88. The van der Waals surface area contributed by atoms with Gasteiger partial charge in [0.15, 0.2) is 0 Å². The average Bonchev–Trinajstić information content (AvgIpc) is 2.28. The molecule has 0 radical (unpaired) electrons. The van der Waals surface area contributed by atoms with Crippen LogP contribution < -0.4 is 10.6 Å². The van der Waals surface area contributed by atoms with Crippen molar-refractivity contribution in [2.75, 3.05) is 32.8 Å². The minimum absolute atomic E-state index is 0. The molecule has 0 atom stereocenters. The first-order valence-corrected chi connectivity index (χ1v) is 6.21. The molecule has 0 unspecified atom stereocenters. The SMILES string of the molecule is CCCOCC(=O)NCC1(C)CCNCC1.Cl. The molecule has 0 spiro atoms. The first kappa shape index (κ1) is 16.7. The summed E-state index contributed by atoms with van der Waals surface area (Å²) in [5, 5.41) is 6.29. The molecule has 1 heterocycles. The summed E-state index contributed by atoms with van der Waals surface area (Å²) < 4.78 is 5.19. The monoisotopic (exact) mass is 264 g/mol. The van der Waals surface area contributed by atoms with Crippen LogP contribution in [0.5, 0.6) is 0 Å². The molecular weight excluding hydrogens is 240 g/mol. The van der Waals surface area contributed by atoms with Crippen LogP contribution in [-0.4, -0.2) is 38.8 Å². The van der Waals surface area contributed by atoms with Gasteiger partial charge in [-0.25, -0.2) is 0 Å². The number of hydrogen-bond donors (Lipinski definition) is 2. The van der Waals surface area contributed by atoms with Crippen molar-refractivity contribution in [3.05, 3.63) is 0 Å². The Bertz CT molecular complexity index is 219. The van der Waals surface area contributed by atoms with Gasteiger partial charge < -0.3 is 15.4 Å². The predicted molar refractivity (Wildman–Crippen MR) is 71.6 cm³/mol. The summed E-state index contributed by atoms with van der Waals surface area (Å²) in [6, 6.07) is 0. The molecule has 4 nitrogen and oxygen atoms in total. The Kier molecular flexibility index (Phi) is 8.56. The maximum absolute atomic E-state index is 11.5. The molecule has 0 saturated carbocycles. The zero-order valence-electron chi connectivity index (χ0n) is 10.9. The van der Waals surface area contributed by atoms with Crippen LogP contribution in [0.1, 0.15) is 33.1 Å². The number of amides is 1. The lowest BCUT2D eigenvalue weighted by Crippen LogP contribution is -2.43. The van der Waals surface area contributed by atoms with Crippen LogP contribution in [-0.2, 0) is 9.53 Å². The smallest absolute Gasteiger partial charge is 0.246 e. The van der Waals surface area contributed by atoms with Crippen molar-refractivity contribution >= 4 is 18.3 Å². The summed E-state index contributed by atoms with van der Waals surface area (Å²) in [6.45, 7) is 8.01. The largest absolute Gasteiger partial charge is 0.372 e. The number of carbonyl (C=O) groups excluding carboxylic acids is 1. The number of hydrogen-bond acceptors (Lipinski definition) is 3. The molecule has 0 aromatic rings. The third-order valence-electron chi connectivity index (χ3n) is 3.10. The number of halogens is 1. The van der Waals surface area contributed by atoms with Gasteiger partial charge in [-0.3, -0.25) is 4.79 Å². The van der Waals surface area contributed by atoms with E-state index in [4.69, 9.17) is 4.74 Å². The fraction of sp³-hybridized carbons (Fsp3) is 0.917. The van der Waals surface area contributed by atoms with Gasteiger partial charge >= 0.3 is 0 Å². The molecule has 102 valence electrons. The van der Waals surface area contributed by atoms with E-state index in [1.54, 1.807) is 0 Å². The Morgan fingerprint density at radius 1 is 1.41 bits per heavy atom. The molecule has 0 aliphatic carbocycles. The summed E-state index contributed by atoms with van der Waals surface area (Å²) in [6.07, 6.45) is 3.21. The van der Waals surface area contributed by atoms with E-state index in [0.29, 0.717) is 6.61 Å². The van der Waals surface area contributed by atoms with Crippen molar-refractivity contribution in [1.29, 1.82) is 0 Å². The quantitative estimate of drug-likeness (QED) is 0.712. The van der Waals surface area contributed by atoms with Crippen LogP contribution in [0, 0.1) is 5.41 Å².